The van der Waals surface area contributed by atoms with Crippen LogP contribution >= 0.6 is 0 Å². The molecule has 0 aromatic heterocycles. The maximum absolute atomic E-state index is 5.92. The van der Waals surface area contributed by atoms with Gasteiger partial charge in [-0.3, -0.25) is 0 Å². The number of unbranched alkanes of at least 4 members (excludes halogenated alkanes) is 1. The van der Waals surface area contributed by atoms with Gasteiger partial charge < -0.3 is 10.1 Å². The molecule has 1 fully saturated rings. The second-order valence-electron chi connectivity index (χ2n) is 5.06. The van der Waals surface area contributed by atoms with Gasteiger partial charge in [-0.05, 0) is 31.7 Å². The Hall–Kier alpha value is -0.0800. The lowest BCUT2D eigenvalue weighted by Gasteiger charge is -2.30. The van der Waals surface area contributed by atoms with Crippen molar-refractivity contribution in [1.82, 2.24) is 5.32 Å². The molecule has 0 aromatic carbocycles. The topological polar surface area (TPSA) is 21.3 Å². The highest BCUT2D eigenvalue weighted by molar-refractivity contribution is 4.96. The van der Waals surface area contributed by atoms with Crippen LogP contribution in [0, 0.1) is 5.41 Å². The number of nitrogens with one attached hydrogen (secondary N) is 1. The van der Waals surface area contributed by atoms with Gasteiger partial charge >= 0.3 is 0 Å². The molecular formula is C12H25NO. The minimum atomic E-state index is 0.394. The van der Waals surface area contributed by atoms with Gasteiger partial charge in [-0.2, -0.15) is 0 Å². The van der Waals surface area contributed by atoms with Crippen LogP contribution in [-0.2, 0) is 4.74 Å². The molecule has 1 saturated carbocycles. The molecule has 1 aliphatic rings. The van der Waals surface area contributed by atoms with Gasteiger partial charge in [0, 0.05) is 12.6 Å². The highest BCUT2D eigenvalue weighted by Crippen LogP contribution is 2.38. The normalized spacial score (nSPS) is 30.9. The summed E-state index contributed by atoms with van der Waals surface area (Å²) in [5.74, 6) is 0. The number of rotatable bonds is 5. The fraction of sp³-hybridized carbons (Fsp3) is 1.00. The molecule has 84 valence electrons. The van der Waals surface area contributed by atoms with Gasteiger partial charge in [0.1, 0.15) is 0 Å². The van der Waals surface area contributed by atoms with E-state index in [4.69, 9.17) is 4.74 Å². The summed E-state index contributed by atoms with van der Waals surface area (Å²) >= 11 is 0. The van der Waals surface area contributed by atoms with Gasteiger partial charge in [0.05, 0.1) is 6.10 Å². The average Bonchev–Trinajstić information content (AvgIpc) is 2.42. The molecule has 1 rings (SSSR count). The first kappa shape index (κ1) is 12.0. The minimum absolute atomic E-state index is 0.394. The van der Waals surface area contributed by atoms with Crippen molar-refractivity contribution in [2.45, 2.75) is 58.6 Å². The molecule has 0 radical (unpaired) electrons. The van der Waals surface area contributed by atoms with Gasteiger partial charge in [-0.1, -0.05) is 27.2 Å². The summed E-state index contributed by atoms with van der Waals surface area (Å²) in [5.41, 5.74) is 0.394. The fourth-order valence-electron chi connectivity index (χ4n) is 2.47. The summed E-state index contributed by atoms with van der Waals surface area (Å²) in [6.07, 6.45) is 5.33. The van der Waals surface area contributed by atoms with E-state index >= 15 is 0 Å². The number of ether oxygens (including phenoxy) is 1. The summed E-state index contributed by atoms with van der Waals surface area (Å²) in [6.45, 7) is 7.79. The first-order chi connectivity index (χ1) is 6.61. The van der Waals surface area contributed by atoms with Crippen LogP contribution < -0.4 is 5.32 Å². The highest BCUT2D eigenvalue weighted by Gasteiger charge is 2.41. The number of hydrogen-bond donors (Lipinski definition) is 1. The molecular weight excluding hydrogens is 174 g/mol. The van der Waals surface area contributed by atoms with E-state index in [0.717, 1.165) is 6.61 Å². The Balaban J connectivity index is 2.38. The monoisotopic (exact) mass is 199 g/mol. The van der Waals surface area contributed by atoms with Crippen LogP contribution in [0.3, 0.4) is 0 Å². The molecule has 14 heavy (non-hydrogen) atoms. The smallest absolute Gasteiger partial charge is 0.0733 e. The predicted molar refractivity (Wildman–Crippen MR) is 60.5 cm³/mol. The van der Waals surface area contributed by atoms with Crippen LogP contribution in [0.1, 0.15) is 46.5 Å². The van der Waals surface area contributed by atoms with E-state index in [1.807, 2.05) is 7.05 Å². The molecule has 0 spiro atoms. The van der Waals surface area contributed by atoms with Crippen molar-refractivity contribution in [2.24, 2.45) is 5.41 Å². The summed E-state index contributed by atoms with van der Waals surface area (Å²) in [4.78, 5) is 0. The minimum Gasteiger partial charge on any atom is -0.377 e. The third kappa shape index (κ3) is 2.71. The molecule has 0 bridgehead atoms. The van der Waals surface area contributed by atoms with Crippen molar-refractivity contribution in [2.75, 3.05) is 13.7 Å². The van der Waals surface area contributed by atoms with Crippen LogP contribution in [0.5, 0.6) is 0 Å². The summed E-state index contributed by atoms with van der Waals surface area (Å²) in [5, 5.41) is 3.41. The Morgan fingerprint density at radius 2 is 2.14 bits per heavy atom. The zero-order chi connectivity index (χ0) is 10.6. The lowest BCUT2D eigenvalue weighted by atomic mass is 9.87. The molecule has 0 saturated heterocycles. The van der Waals surface area contributed by atoms with Crippen LogP contribution in [0.4, 0.5) is 0 Å². The lowest BCUT2D eigenvalue weighted by molar-refractivity contribution is 0.0274. The zero-order valence-electron chi connectivity index (χ0n) is 10.1. The maximum Gasteiger partial charge on any atom is 0.0733 e. The van der Waals surface area contributed by atoms with Gasteiger partial charge in [-0.25, -0.2) is 0 Å². The Labute approximate surface area is 88.4 Å². The molecule has 0 amide bonds. The maximum atomic E-state index is 5.92. The van der Waals surface area contributed by atoms with Crippen molar-refractivity contribution in [3.05, 3.63) is 0 Å². The highest BCUT2D eigenvalue weighted by atomic mass is 16.5. The van der Waals surface area contributed by atoms with Crippen LogP contribution in [0.2, 0.25) is 0 Å². The van der Waals surface area contributed by atoms with Gasteiger partial charge in [-0.15, -0.1) is 0 Å². The molecule has 0 heterocycles. The largest absolute Gasteiger partial charge is 0.377 e. The molecule has 0 aromatic rings. The van der Waals surface area contributed by atoms with Gasteiger partial charge in [0.25, 0.3) is 0 Å². The third-order valence-electron chi connectivity index (χ3n) is 3.43. The van der Waals surface area contributed by atoms with E-state index in [9.17, 15) is 0 Å². The molecule has 2 nitrogen and oxygen atoms in total. The van der Waals surface area contributed by atoms with Crippen molar-refractivity contribution < 1.29 is 4.74 Å². The fourth-order valence-corrected chi connectivity index (χ4v) is 2.47. The first-order valence-electron chi connectivity index (χ1n) is 5.90. The number of likely N-dealkylation sites (N-methyl/N-ethyl adjacent to an activating group) is 1. The molecule has 2 heteroatoms. The summed E-state index contributed by atoms with van der Waals surface area (Å²) < 4.78 is 5.92. The van der Waals surface area contributed by atoms with E-state index in [1.54, 1.807) is 0 Å². The average molecular weight is 199 g/mol. The lowest BCUT2D eigenvalue weighted by Crippen LogP contribution is -2.43. The molecule has 2 atom stereocenters. The van der Waals surface area contributed by atoms with E-state index in [-0.39, 0.29) is 0 Å². The summed E-state index contributed by atoms with van der Waals surface area (Å²) in [6, 6.07) is 0.527. The second-order valence-corrected chi connectivity index (χ2v) is 5.06. The SMILES string of the molecule is CCCCOC1CCC(C)(C)C1NC. The Bertz CT molecular complexity index is 168. The second kappa shape index (κ2) is 5.13. The van der Waals surface area contributed by atoms with Crippen molar-refractivity contribution >= 4 is 0 Å². The number of hydrogen-bond acceptors (Lipinski definition) is 2. The molecule has 1 aliphatic carbocycles. The standard InChI is InChI=1S/C12H25NO/c1-5-6-9-14-10-7-8-12(2,3)11(10)13-4/h10-11,13H,5-9H2,1-4H3. The van der Waals surface area contributed by atoms with Crippen LogP contribution in [0.25, 0.3) is 0 Å². The molecule has 2 unspecified atom stereocenters. The third-order valence-corrected chi connectivity index (χ3v) is 3.43. The van der Waals surface area contributed by atoms with Crippen LogP contribution in [-0.4, -0.2) is 25.8 Å². The van der Waals surface area contributed by atoms with E-state index in [2.05, 4.69) is 26.1 Å². The van der Waals surface area contributed by atoms with Gasteiger partial charge in [0.2, 0.25) is 0 Å². The van der Waals surface area contributed by atoms with E-state index < -0.39 is 0 Å². The van der Waals surface area contributed by atoms with Crippen molar-refractivity contribution in [3.8, 4) is 0 Å². The van der Waals surface area contributed by atoms with Crippen molar-refractivity contribution in [1.29, 1.82) is 0 Å². The Morgan fingerprint density at radius 1 is 1.43 bits per heavy atom. The van der Waals surface area contributed by atoms with Gasteiger partial charge in [0.15, 0.2) is 0 Å². The van der Waals surface area contributed by atoms with Crippen LogP contribution in [0.15, 0.2) is 0 Å². The first-order valence-corrected chi connectivity index (χ1v) is 5.90. The van der Waals surface area contributed by atoms with E-state index in [1.165, 1.54) is 25.7 Å². The predicted octanol–water partition coefficient (Wildman–Crippen LogP) is 2.58. The Kier molecular flexibility index (Phi) is 4.39. The quantitative estimate of drug-likeness (QED) is 0.687. The molecule has 0 aliphatic heterocycles. The molecule has 1 N–H and O–H groups in total. The summed E-state index contributed by atoms with van der Waals surface area (Å²) in [7, 11) is 2.05. The Morgan fingerprint density at radius 3 is 2.71 bits per heavy atom. The zero-order valence-corrected chi connectivity index (χ0v) is 10.1. The van der Waals surface area contributed by atoms with E-state index in [0.29, 0.717) is 17.6 Å². The van der Waals surface area contributed by atoms with Crippen molar-refractivity contribution in [3.63, 3.8) is 0 Å².